The molecule has 5 rings (SSSR count). The minimum atomic E-state index is -2.94. The standard InChI is InChI=1S/C25H27F3N6O2/c1-13(16-5-4-6-17(20(16)26)21(27)28)31-22-18-9-19(24(35)33(3)23(18)30-12-29-22)25(36)34-14-7-8-15(34)11-32(2)10-14/h4-6,9,12-15,21H,7-8,10-11H2,1-3H3,(H,29,30,31)/t13-,14?,15?/m1/s1. The van der Waals surface area contributed by atoms with E-state index in [-0.39, 0.29) is 34.9 Å². The number of aromatic nitrogens is 3. The average molecular weight is 501 g/mol. The first kappa shape index (κ1) is 24.2. The number of piperazine rings is 1. The summed E-state index contributed by atoms with van der Waals surface area (Å²) in [4.78, 5) is 39.3. The van der Waals surface area contributed by atoms with Crippen LogP contribution < -0.4 is 10.9 Å². The van der Waals surface area contributed by atoms with Crippen molar-refractivity contribution in [1.29, 1.82) is 0 Å². The van der Waals surface area contributed by atoms with E-state index < -0.39 is 29.4 Å². The normalized spacial score (nSPS) is 20.8. The van der Waals surface area contributed by atoms with Crippen LogP contribution >= 0.6 is 0 Å². The smallest absolute Gasteiger partial charge is 0.266 e. The molecule has 2 bridgehead atoms. The highest BCUT2D eigenvalue weighted by molar-refractivity contribution is 5.99. The zero-order valence-corrected chi connectivity index (χ0v) is 20.2. The van der Waals surface area contributed by atoms with Gasteiger partial charge in [-0.05, 0) is 32.9 Å². The van der Waals surface area contributed by atoms with Crippen molar-refractivity contribution in [1.82, 2.24) is 24.3 Å². The summed E-state index contributed by atoms with van der Waals surface area (Å²) in [5.74, 6) is -1.04. The Balaban J connectivity index is 1.53. The summed E-state index contributed by atoms with van der Waals surface area (Å²) in [7, 11) is 3.56. The Morgan fingerprint density at radius 1 is 1.11 bits per heavy atom. The Morgan fingerprint density at radius 2 is 1.78 bits per heavy atom. The second-order valence-electron chi connectivity index (χ2n) is 9.62. The van der Waals surface area contributed by atoms with Crippen molar-refractivity contribution in [3.63, 3.8) is 0 Å². The fraction of sp³-hybridized carbons (Fsp3) is 0.440. The van der Waals surface area contributed by atoms with Crippen molar-refractivity contribution in [2.75, 3.05) is 25.5 Å². The Morgan fingerprint density at radius 3 is 2.44 bits per heavy atom. The van der Waals surface area contributed by atoms with Crippen molar-refractivity contribution >= 4 is 22.8 Å². The van der Waals surface area contributed by atoms with Crippen LogP contribution in [0.4, 0.5) is 19.0 Å². The zero-order chi connectivity index (χ0) is 25.7. The lowest BCUT2D eigenvalue weighted by Crippen LogP contribution is -2.55. The predicted octanol–water partition coefficient (Wildman–Crippen LogP) is 3.50. The SMILES string of the molecule is C[C@@H](Nc1ncnc2c1cc(C(=O)N1C3CCC1CN(C)C3)c(=O)n2C)c1cccc(C(F)F)c1F. The molecule has 36 heavy (non-hydrogen) atoms. The van der Waals surface area contributed by atoms with E-state index in [9.17, 15) is 22.8 Å². The fourth-order valence-electron chi connectivity index (χ4n) is 5.48. The number of carbonyl (C=O) groups is 1. The van der Waals surface area contributed by atoms with Gasteiger partial charge in [0.2, 0.25) is 0 Å². The predicted molar refractivity (Wildman–Crippen MR) is 129 cm³/mol. The van der Waals surface area contributed by atoms with Crippen molar-refractivity contribution in [3.8, 4) is 0 Å². The van der Waals surface area contributed by atoms with Crippen LogP contribution in [0.25, 0.3) is 11.0 Å². The Bertz CT molecular complexity index is 1380. The van der Waals surface area contributed by atoms with Gasteiger partial charge in [-0.3, -0.25) is 14.2 Å². The van der Waals surface area contributed by atoms with E-state index >= 15 is 0 Å². The van der Waals surface area contributed by atoms with Gasteiger partial charge in [0.1, 0.15) is 29.2 Å². The Labute approximate surface area is 205 Å². The number of alkyl halides is 2. The molecule has 8 nitrogen and oxygen atoms in total. The first-order valence-corrected chi connectivity index (χ1v) is 11.9. The molecule has 0 saturated carbocycles. The average Bonchev–Trinajstić information content (AvgIpc) is 3.11. The Kier molecular flexibility index (Phi) is 6.19. The van der Waals surface area contributed by atoms with Gasteiger partial charge in [-0.2, -0.15) is 0 Å². The van der Waals surface area contributed by atoms with E-state index in [1.165, 1.54) is 36.1 Å². The van der Waals surface area contributed by atoms with Crippen LogP contribution in [-0.2, 0) is 7.05 Å². The number of pyridine rings is 1. The highest BCUT2D eigenvalue weighted by Crippen LogP contribution is 2.32. The maximum absolute atomic E-state index is 14.7. The third-order valence-corrected chi connectivity index (χ3v) is 7.25. The lowest BCUT2D eigenvalue weighted by atomic mass is 10.0. The fourth-order valence-corrected chi connectivity index (χ4v) is 5.48. The number of fused-ring (bicyclic) bond motifs is 3. The van der Waals surface area contributed by atoms with E-state index in [0.29, 0.717) is 11.0 Å². The first-order valence-electron chi connectivity index (χ1n) is 11.9. The lowest BCUT2D eigenvalue weighted by Gasteiger charge is -2.39. The summed E-state index contributed by atoms with van der Waals surface area (Å²) in [5.41, 5.74) is -0.771. The molecule has 2 aliphatic rings. The van der Waals surface area contributed by atoms with Gasteiger partial charge >= 0.3 is 0 Å². The number of rotatable bonds is 5. The largest absolute Gasteiger partial charge is 0.363 e. The van der Waals surface area contributed by atoms with Crippen molar-refractivity contribution < 1.29 is 18.0 Å². The van der Waals surface area contributed by atoms with E-state index in [1.807, 2.05) is 11.9 Å². The maximum Gasteiger partial charge on any atom is 0.266 e. The number of carbonyl (C=O) groups excluding carboxylic acids is 1. The zero-order valence-electron chi connectivity index (χ0n) is 20.2. The van der Waals surface area contributed by atoms with E-state index in [4.69, 9.17) is 0 Å². The molecule has 1 amide bonds. The molecular weight excluding hydrogens is 473 g/mol. The summed E-state index contributed by atoms with van der Waals surface area (Å²) in [6.45, 7) is 3.14. The van der Waals surface area contributed by atoms with Crippen LogP contribution in [0.5, 0.6) is 0 Å². The lowest BCUT2D eigenvalue weighted by molar-refractivity contribution is 0.0470. The molecule has 0 aliphatic carbocycles. The molecule has 3 aromatic rings. The Hall–Kier alpha value is -3.47. The van der Waals surface area contributed by atoms with Crippen molar-refractivity contribution in [2.45, 2.75) is 44.3 Å². The van der Waals surface area contributed by atoms with E-state index in [0.717, 1.165) is 32.0 Å². The van der Waals surface area contributed by atoms with E-state index in [2.05, 4.69) is 20.2 Å². The van der Waals surface area contributed by atoms with Gasteiger partial charge in [-0.15, -0.1) is 0 Å². The highest BCUT2D eigenvalue weighted by Gasteiger charge is 2.42. The van der Waals surface area contributed by atoms with Gasteiger partial charge < -0.3 is 15.1 Å². The van der Waals surface area contributed by atoms with Crippen molar-refractivity contribution in [3.05, 3.63) is 63.5 Å². The van der Waals surface area contributed by atoms with Crippen LogP contribution in [-0.4, -0.2) is 62.5 Å². The highest BCUT2D eigenvalue weighted by atomic mass is 19.3. The van der Waals surface area contributed by atoms with Gasteiger partial charge in [-0.1, -0.05) is 18.2 Å². The summed E-state index contributed by atoms with van der Waals surface area (Å²) in [5, 5.41) is 3.46. The summed E-state index contributed by atoms with van der Waals surface area (Å²) in [6.07, 6.45) is 0.103. The number of hydrogen-bond acceptors (Lipinski definition) is 6. The summed E-state index contributed by atoms with van der Waals surface area (Å²) < 4.78 is 42.4. The number of halogens is 3. The molecule has 2 aromatic heterocycles. The van der Waals surface area contributed by atoms with Gasteiger partial charge in [0, 0.05) is 37.8 Å². The molecule has 2 aliphatic heterocycles. The second-order valence-corrected chi connectivity index (χ2v) is 9.62. The maximum atomic E-state index is 14.7. The molecule has 4 heterocycles. The van der Waals surface area contributed by atoms with Gasteiger partial charge in [-0.25, -0.2) is 23.1 Å². The molecule has 0 radical (unpaired) electrons. The molecule has 2 fully saturated rings. The van der Waals surface area contributed by atoms with Crippen LogP contribution in [0, 0.1) is 5.82 Å². The van der Waals surface area contributed by atoms with Gasteiger partial charge in [0.15, 0.2) is 0 Å². The summed E-state index contributed by atoms with van der Waals surface area (Å²) in [6, 6.07) is 4.71. The molecule has 0 spiro atoms. The van der Waals surface area contributed by atoms with Crippen LogP contribution in [0.2, 0.25) is 0 Å². The number of likely N-dealkylation sites (N-methyl/N-ethyl adjacent to an activating group) is 1. The third kappa shape index (κ3) is 4.01. The number of nitrogens with zero attached hydrogens (tertiary/aromatic N) is 5. The number of likely N-dealkylation sites (tertiary alicyclic amines) is 1. The van der Waals surface area contributed by atoms with Crippen LogP contribution in [0.1, 0.15) is 53.7 Å². The number of nitrogens with one attached hydrogen (secondary N) is 1. The minimum Gasteiger partial charge on any atom is -0.363 e. The third-order valence-electron chi connectivity index (χ3n) is 7.25. The number of hydrogen-bond donors (Lipinski definition) is 1. The van der Waals surface area contributed by atoms with E-state index in [1.54, 1.807) is 6.92 Å². The molecular formula is C25H27F3N6O2. The number of anilines is 1. The minimum absolute atomic E-state index is 0.0165. The number of aryl methyl sites for hydroxylation is 1. The van der Waals surface area contributed by atoms with Crippen LogP contribution in [0.3, 0.4) is 0 Å². The first-order chi connectivity index (χ1) is 17.2. The molecule has 1 N–H and O–H groups in total. The molecule has 3 atom stereocenters. The topological polar surface area (TPSA) is 83.4 Å². The van der Waals surface area contributed by atoms with Crippen LogP contribution in [0.15, 0.2) is 35.4 Å². The quantitative estimate of drug-likeness (QED) is 0.578. The molecule has 2 saturated heterocycles. The monoisotopic (exact) mass is 500 g/mol. The number of amides is 1. The van der Waals surface area contributed by atoms with Gasteiger partial charge in [0.05, 0.1) is 17.0 Å². The van der Waals surface area contributed by atoms with Gasteiger partial charge in [0.25, 0.3) is 17.9 Å². The summed E-state index contributed by atoms with van der Waals surface area (Å²) >= 11 is 0. The molecule has 11 heteroatoms. The number of benzene rings is 1. The second kappa shape index (κ2) is 9.20. The van der Waals surface area contributed by atoms with Crippen molar-refractivity contribution in [2.24, 2.45) is 7.05 Å². The molecule has 1 aromatic carbocycles. The molecule has 190 valence electrons. The molecule has 2 unspecified atom stereocenters.